The number of aryl methyl sites for hydroxylation is 1. The first kappa shape index (κ1) is 14.0. The first-order valence-electron chi connectivity index (χ1n) is 6.28. The summed E-state index contributed by atoms with van der Waals surface area (Å²) >= 11 is 0. The average Bonchev–Trinajstić information content (AvgIpc) is 2.89. The minimum atomic E-state index is -0.422. The summed E-state index contributed by atoms with van der Waals surface area (Å²) in [5.41, 5.74) is 1.33. The third-order valence-corrected chi connectivity index (χ3v) is 2.86. The zero-order valence-corrected chi connectivity index (χ0v) is 11.4. The lowest BCUT2D eigenvalue weighted by Crippen LogP contribution is -2.10. The minimum Gasteiger partial charge on any atom is -0.464 e. The van der Waals surface area contributed by atoms with E-state index in [1.165, 1.54) is 19.2 Å². The van der Waals surface area contributed by atoms with Crippen molar-refractivity contribution in [2.45, 2.75) is 20.0 Å². The Morgan fingerprint density at radius 1 is 1.40 bits per heavy atom. The van der Waals surface area contributed by atoms with Crippen LogP contribution in [0.1, 0.15) is 23.0 Å². The number of esters is 1. The van der Waals surface area contributed by atoms with Gasteiger partial charge in [-0.2, -0.15) is 5.10 Å². The van der Waals surface area contributed by atoms with Crippen LogP contribution in [-0.4, -0.2) is 22.9 Å². The van der Waals surface area contributed by atoms with Gasteiger partial charge in [0.1, 0.15) is 17.3 Å². The molecule has 6 heteroatoms. The molecule has 1 N–H and O–H groups in total. The normalized spacial score (nSPS) is 10.3. The summed E-state index contributed by atoms with van der Waals surface area (Å²) in [6.45, 7) is 2.97. The summed E-state index contributed by atoms with van der Waals surface area (Å²) < 4.78 is 19.1. The summed E-state index contributed by atoms with van der Waals surface area (Å²) in [6.07, 6.45) is 0. The number of methoxy groups -OCH3 is 1. The van der Waals surface area contributed by atoms with Crippen molar-refractivity contribution in [3.05, 3.63) is 47.4 Å². The maximum absolute atomic E-state index is 12.8. The Bertz CT molecular complexity index is 593. The summed E-state index contributed by atoms with van der Waals surface area (Å²) in [5.74, 6) is -0.109. The topological polar surface area (TPSA) is 56.2 Å². The van der Waals surface area contributed by atoms with Crippen LogP contribution in [0.2, 0.25) is 0 Å². The van der Waals surface area contributed by atoms with Gasteiger partial charge in [-0.3, -0.25) is 4.68 Å². The molecular weight excluding hydrogens is 261 g/mol. The lowest BCUT2D eigenvalue weighted by molar-refractivity contribution is 0.0587. The number of hydrogen-bond donors (Lipinski definition) is 1. The van der Waals surface area contributed by atoms with Crippen molar-refractivity contribution < 1.29 is 13.9 Å². The molecule has 0 unspecified atom stereocenters. The molecule has 0 aliphatic heterocycles. The number of rotatable bonds is 5. The van der Waals surface area contributed by atoms with Crippen molar-refractivity contribution in [1.29, 1.82) is 0 Å². The molecule has 1 heterocycles. The van der Waals surface area contributed by atoms with Crippen molar-refractivity contribution in [3.8, 4) is 0 Å². The number of benzene rings is 1. The lowest BCUT2D eigenvalue weighted by Gasteiger charge is -2.03. The second-order valence-electron chi connectivity index (χ2n) is 4.20. The molecule has 2 rings (SSSR count). The molecular formula is C14H16FN3O2. The van der Waals surface area contributed by atoms with Crippen LogP contribution >= 0.6 is 0 Å². The van der Waals surface area contributed by atoms with Gasteiger partial charge in [0, 0.05) is 19.2 Å². The van der Waals surface area contributed by atoms with Gasteiger partial charge in [-0.05, 0) is 24.6 Å². The molecule has 2 aromatic rings. The predicted molar refractivity (Wildman–Crippen MR) is 73.0 cm³/mol. The Morgan fingerprint density at radius 3 is 2.70 bits per heavy atom. The number of hydrogen-bond acceptors (Lipinski definition) is 4. The average molecular weight is 277 g/mol. The van der Waals surface area contributed by atoms with E-state index < -0.39 is 5.97 Å². The van der Waals surface area contributed by atoms with E-state index in [-0.39, 0.29) is 5.82 Å². The van der Waals surface area contributed by atoms with Gasteiger partial charge in [-0.1, -0.05) is 12.1 Å². The molecule has 1 aromatic carbocycles. The molecule has 0 aliphatic rings. The minimum absolute atomic E-state index is 0.267. The molecule has 5 nitrogen and oxygen atoms in total. The molecule has 0 saturated carbocycles. The zero-order chi connectivity index (χ0) is 14.5. The number of halogens is 1. The lowest BCUT2D eigenvalue weighted by atomic mass is 10.2. The fourth-order valence-electron chi connectivity index (χ4n) is 1.81. The van der Waals surface area contributed by atoms with Crippen molar-refractivity contribution in [1.82, 2.24) is 9.78 Å². The van der Waals surface area contributed by atoms with Gasteiger partial charge < -0.3 is 10.1 Å². The Balaban J connectivity index is 2.08. The smallest absolute Gasteiger partial charge is 0.356 e. The largest absolute Gasteiger partial charge is 0.464 e. The van der Waals surface area contributed by atoms with Crippen LogP contribution in [0.5, 0.6) is 0 Å². The summed E-state index contributed by atoms with van der Waals surface area (Å²) in [6, 6.07) is 7.84. The molecule has 0 bridgehead atoms. The molecule has 1 aromatic heterocycles. The van der Waals surface area contributed by atoms with E-state index in [4.69, 9.17) is 4.74 Å². The van der Waals surface area contributed by atoms with Crippen LogP contribution in [0.25, 0.3) is 0 Å². The Kier molecular flexibility index (Phi) is 4.34. The number of ether oxygens (including phenoxy) is 1. The summed E-state index contributed by atoms with van der Waals surface area (Å²) in [7, 11) is 1.33. The van der Waals surface area contributed by atoms with Crippen LogP contribution in [0.4, 0.5) is 10.2 Å². The van der Waals surface area contributed by atoms with Crippen molar-refractivity contribution >= 4 is 11.8 Å². The molecule has 0 aliphatic carbocycles. The Labute approximate surface area is 116 Å². The maximum atomic E-state index is 12.8. The van der Waals surface area contributed by atoms with Crippen LogP contribution in [0.3, 0.4) is 0 Å². The molecule has 0 saturated heterocycles. The summed E-state index contributed by atoms with van der Waals surface area (Å²) in [4.78, 5) is 11.6. The van der Waals surface area contributed by atoms with Crippen LogP contribution < -0.4 is 5.32 Å². The monoisotopic (exact) mass is 277 g/mol. The van der Waals surface area contributed by atoms with E-state index in [1.54, 1.807) is 22.9 Å². The van der Waals surface area contributed by atoms with Gasteiger partial charge in [0.2, 0.25) is 0 Å². The second-order valence-corrected chi connectivity index (χ2v) is 4.20. The van der Waals surface area contributed by atoms with E-state index in [1.807, 2.05) is 6.92 Å². The number of aromatic nitrogens is 2. The molecule has 0 spiro atoms. The highest BCUT2D eigenvalue weighted by Gasteiger charge is 2.14. The molecule has 0 amide bonds. The highest BCUT2D eigenvalue weighted by molar-refractivity contribution is 5.88. The number of nitrogens with one attached hydrogen (secondary N) is 1. The third-order valence-electron chi connectivity index (χ3n) is 2.86. The van der Waals surface area contributed by atoms with Gasteiger partial charge >= 0.3 is 5.97 Å². The van der Waals surface area contributed by atoms with Crippen LogP contribution in [0, 0.1) is 5.82 Å². The van der Waals surface area contributed by atoms with E-state index in [2.05, 4.69) is 10.4 Å². The second kappa shape index (κ2) is 6.18. The van der Waals surface area contributed by atoms with Crippen LogP contribution in [0.15, 0.2) is 30.3 Å². The Hall–Kier alpha value is -2.37. The molecule has 0 fully saturated rings. The fourth-order valence-corrected chi connectivity index (χ4v) is 1.81. The standard InChI is InChI=1S/C14H16FN3O2/c1-3-18-12(14(19)20-2)8-13(17-18)16-9-10-4-6-11(15)7-5-10/h4-8H,3,9H2,1-2H3,(H,16,17). The predicted octanol–water partition coefficient (Wildman–Crippen LogP) is 2.44. The van der Waals surface area contributed by atoms with E-state index in [9.17, 15) is 9.18 Å². The van der Waals surface area contributed by atoms with Crippen molar-refractivity contribution in [3.63, 3.8) is 0 Å². The maximum Gasteiger partial charge on any atom is 0.356 e. The number of nitrogens with zero attached hydrogens (tertiary/aromatic N) is 2. The third kappa shape index (κ3) is 3.14. The highest BCUT2D eigenvalue weighted by atomic mass is 19.1. The van der Waals surface area contributed by atoms with Crippen LogP contribution in [-0.2, 0) is 17.8 Å². The number of anilines is 1. The van der Waals surface area contributed by atoms with Crippen molar-refractivity contribution in [2.24, 2.45) is 0 Å². The van der Waals surface area contributed by atoms with Gasteiger partial charge in [-0.25, -0.2) is 9.18 Å². The SMILES string of the molecule is CCn1nc(NCc2ccc(F)cc2)cc1C(=O)OC. The first-order chi connectivity index (χ1) is 9.63. The molecule has 106 valence electrons. The quantitative estimate of drug-likeness (QED) is 0.853. The molecule has 20 heavy (non-hydrogen) atoms. The van der Waals surface area contributed by atoms with Crippen molar-refractivity contribution in [2.75, 3.05) is 12.4 Å². The van der Waals surface area contributed by atoms with Gasteiger partial charge in [0.15, 0.2) is 0 Å². The highest BCUT2D eigenvalue weighted by Crippen LogP contribution is 2.12. The zero-order valence-electron chi connectivity index (χ0n) is 11.4. The van der Waals surface area contributed by atoms with E-state index in [0.717, 1.165) is 5.56 Å². The van der Waals surface area contributed by atoms with Gasteiger partial charge in [0.05, 0.1) is 7.11 Å². The fraction of sp³-hybridized carbons (Fsp3) is 0.286. The molecule has 0 atom stereocenters. The number of carbonyl (C=O) groups is 1. The first-order valence-corrected chi connectivity index (χ1v) is 6.28. The molecule has 0 radical (unpaired) electrons. The number of carbonyl (C=O) groups excluding carboxylic acids is 1. The van der Waals surface area contributed by atoms with Gasteiger partial charge in [0.25, 0.3) is 0 Å². The van der Waals surface area contributed by atoms with Gasteiger partial charge in [-0.15, -0.1) is 0 Å². The Morgan fingerprint density at radius 2 is 2.10 bits per heavy atom. The summed E-state index contributed by atoms with van der Waals surface area (Å²) in [5, 5.41) is 7.35. The van der Waals surface area contributed by atoms with E-state index in [0.29, 0.717) is 24.6 Å². The van der Waals surface area contributed by atoms with E-state index >= 15 is 0 Å².